The molecule has 10 nitrogen and oxygen atoms in total. The molecule has 36 heavy (non-hydrogen) atoms. The third kappa shape index (κ3) is 5.00. The fourth-order valence-corrected chi connectivity index (χ4v) is 5.46. The van der Waals surface area contributed by atoms with Crippen LogP contribution >= 0.6 is 11.6 Å². The number of hydrogen-bond donors (Lipinski definition) is 2. The lowest BCUT2D eigenvalue weighted by Crippen LogP contribution is -2.57. The Morgan fingerprint density at radius 2 is 1.67 bits per heavy atom. The van der Waals surface area contributed by atoms with Gasteiger partial charge in [-0.1, -0.05) is 11.6 Å². The number of fused-ring (bicyclic) bond motifs is 1. The molecule has 0 spiro atoms. The van der Waals surface area contributed by atoms with Crippen molar-refractivity contribution in [3.8, 4) is 0 Å². The second-order valence-electron chi connectivity index (χ2n) is 9.67. The Hall–Kier alpha value is -3.27. The van der Waals surface area contributed by atoms with Crippen LogP contribution in [0.4, 0.5) is 21.1 Å². The number of pyridine rings is 1. The maximum Gasteiger partial charge on any atom is 0.326 e. The molecule has 5 amide bonds. The van der Waals surface area contributed by atoms with Crippen molar-refractivity contribution in [2.24, 2.45) is 0 Å². The van der Waals surface area contributed by atoms with Gasteiger partial charge in [0.15, 0.2) is 0 Å². The summed E-state index contributed by atoms with van der Waals surface area (Å²) in [4.78, 5) is 50.5. The second kappa shape index (κ2) is 10.4. The first-order chi connectivity index (χ1) is 17.4. The molecule has 1 atom stereocenters. The molecule has 0 bridgehead atoms. The van der Waals surface area contributed by atoms with E-state index < -0.39 is 6.04 Å². The van der Waals surface area contributed by atoms with Gasteiger partial charge in [0.05, 0.1) is 5.52 Å². The lowest BCUT2D eigenvalue weighted by atomic mass is 10.1. The molecule has 0 saturated carbocycles. The molecular formula is C25H32ClN7O3. The number of carbonyl (C=O) groups excluding carboxylic acids is 3. The van der Waals surface area contributed by atoms with E-state index in [1.54, 1.807) is 15.9 Å². The molecule has 4 heterocycles. The Morgan fingerprint density at radius 1 is 0.944 bits per heavy atom. The van der Waals surface area contributed by atoms with Crippen molar-refractivity contribution in [3.05, 3.63) is 29.3 Å². The van der Waals surface area contributed by atoms with Gasteiger partial charge in [-0.2, -0.15) is 0 Å². The van der Waals surface area contributed by atoms with Gasteiger partial charge in [0.2, 0.25) is 0 Å². The van der Waals surface area contributed by atoms with E-state index >= 15 is 0 Å². The number of likely N-dealkylation sites (tertiary alicyclic amines) is 2. The third-order valence-electron chi connectivity index (χ3n) is 7.27. The minimum absolute atomic E-state index is 0.225. The molecule has 1 aromatic carbocycles. The summed E-state index contributed by atoms with van der Waals surface area (Å²) in [5.74, 6) is 0.119. The number of amides is 5. The number of piperazine rings is 1. The predicted molar refractivity (Wildman–Crippen MR) is 139 cm³/mol. The molecule has 5 rings (SSSR count). The third-order valence-corrected chi connectivity index (χ3v) is 7.51. The van der Waals surface area contributed by atoms with Gasteiger partial charge in [-0.15, -0.1) is 0 Å². The van der Waals surface area contributed by atoms with E-state index in [0.717, 1.165) is 42.3 Å². The fraction of sp³-hybridized carbons (Fsp3) is 0.520. The van der Waals surface area contributed by atoms with Crippen LogP contribution in [0, 0.1) is 0 Å². The van der Waals surface area contributed by atoms with Crippen molar-refractivity contribution < 1.29 is 14.4 Å². The van der Waals surface area contributed by atoms with E-state index in [1.807, 2.05) is 18.2 Å². The van der Waals surface area contributed by atoms with Crippen LogP contribution in [0.3, 0.4) is 0 Å². The zero-order chi connectivity index (χ0) is 25.2. The number of benzene rings is 1. The normalized spacial score (nSPS) is 21.1. The number of aromatic nitrogens is 1. The summed E-state index contributed by atoms with van der Waals surface area (Å²) in [6.07, 6.45) is 4.02. The van der Waals surface area contributed by atoms with Crippen molar-refractivity contribution in [1.82, 2.24) is 25.0 Å². The first-order valence-corrected chi connectivity index (χ1v) is 13.0. The van der Waals surface area contributed by atoms with Crippen LogP contribution in [0.15, 0.2) is 24.3 Å². The number of halogens is 1. The van der Waals surface area contributed by atoms with Crippen molar-refractivity contribution in [3.63, 3.8) is 0 Å². The summed E-state index contributed by atoms with van der Waals surface area (Å²) < 4.78 is 0. The molecular weight excluding hydrogens is 482 g/mol. The van der Waals surface area contributed by atoms with Gasteiger partial charge in [-0.3, -0.25) is 9.69 Å². The highest BCUT2D eigenvalue weighted by Gasteiger charge is 2.36. The highest BCUT2D eigenvalue weighted by Crippen LogP contribution is 2.30. The highest BCUT2D eigenvalue weighted by molar-refractivity contribution is 6.31. The number of imide groups is 1. The molecule has 3 saturated heterocycles. The molecule has 3 aliphatic rings. The first-order valence-electron chi connectivity index (χ1n) is 12.7. The molecule has 11 heteroatoms. The van der Waals surface area contributed by atoms with Crippen molar-refractivity contribution in [2.75, 3.05) is 56.4 Å². The number of rotatable bonds is 2. The molecule has 2 aromatic rings. The van der Waals surface area contributed by atoms with E-state index in [0.29, 0.717) is 63.1 Å². The maximum atomic E-state index is 13.2. The van der Waals surface area contributed by atoms with Crippen LogP contribution in [-0.4, -0.2) is 89.5 Å². The Labute approximate surface area is 215 Å². The molecule has 3 fully saturated rings. The smallest absolute Gasteiger partial charge is 0.326 e. The van der Waals surface area contributed by atoms with Crippen LogP contribution in [0.5, 0.6) is 0 Å². The number of nitrogen functional groups attached to an aromatic ring is 1. The Balaban J connectivity index is 1.22. The number of carbonyl (C=O) groups is 3. The van der Waals surface area contributed by atoms with E-state index in [2.05, 4.69) is 15.2 Å². The summed E-state index contributed by atoms with van der Waals surface area (Å²) in [5.41, 5.74) is 7.74. The van der Waals surface area contributed by atoms with Gasteiger partial charge in [0.25, 0.3) is 5.91 Å². The van der Waals surface area contributed by atoms with E-state index in [4.69, 9.17) is 17.3 Å². The average molecular weight is 514 g/mol. The van der Waals surface area contributed by atoms with Crippen molar-refractivity contribution >= 4 is 52.0 Å². The average Bonchev–Trinajstić information content (AvgIpc) is 3.35. The van der Waals surface area contributed by atoms with Gasteiger partial charge < -0.3 is 25.8 Å². The summed E-state index contributed by atoms with van der Waals surface area (Å²) >= 11 is 6.13. The SMILES string of the molecule is Nc1cc(N2CCN(C(=O)N[C@H]3CCCCN(C(=O)N4CCCC4)C3=O)CC2)c2ccc(Cl)cc2n1. The molecule has 0 aliphatic carbocycles. The number of nitrogens with zero attached hydrogens (tertiary/aromatic N) is 5. The first kappa shape index (κ1) is 24.4. The zero-order valence-corrected chi connectivity index (χ0v) is 21.0. The van der Waals surface area contributed by atoms with E-state index in [9.17, 15) is 14.4 Å². The Morgan fingerprint density at radius 3 is 2.42 bits per heavy atom. The van der Waals surface area contributed by atoms with Gasteiger partial charge in [0.1, 0.15) is 11.9 Å². The van der Waals surface area contributed by atoms with Gasteiger partial charge in [0, 0.05) is 68.0 Å². The van der Waals surface area contributed by atoms with Crippen LogP contribution < -0.4 is 16.0 Å². The summed E-state index contributed by atoms with van der Waals surface area (Å²) in [5, 5.41) is 4.47. The van der Waals surface area contributed by atoms with Gasteiger partial charge in [-0.05, 0) is 50.3 Å². The largest absolute Gasteiger partial charge is 0.384 e. The van der Waals surface area contributed by atoms with Crippen LogP contribution in [0.2, 0.25) is 5.02 Å². The highest BCUT2D eigenvalue weighted by atomic mass is 35.5. The summed E-state index contributed by atoms with van der Waals surface area (Å²) in [7, 11) is 0. The molecule has 3 N–H and O–H groups in total. The van der Waals surface area contributed by atoms with Gasteiger partial charge in [-0.25, -0.2) is 14.6 Å². The summed E-state index contributed by atoms with van der Waals surface area (Å²) in [6, 6.07) is 6.23. The molecule has 3 aliphatic heterocycles. The Bertz CT molecular complexity index is 1160. The molecule has 1 aromatic heterocycles. The number of hydrogen-bond acceptors (Lipinski definition) is 6. The number of anilines is 2. The number of nitrogens with one attached hydrogen (secondary N) is 1. The minimum Gasteiger partial charge on any atom is -0.384 e. The standard InChI is InChI=1S/C25H32ClN7O3/c26-17-6-7-18-20(15-17)28-22(27)16-21(18)30-11-13-31(14-12-30)24(35)29-19-5-1-2-10-33(23(19)34)25(36)32-8-3-4-9-32/h6-7,15-16,19H,1-5,8-14H2,(H2,27,28)(H,29,35)/t19-/m0/s1. The topological polar surface area (TPSA) is 115 Å². The molecule has 0 radical (unpaired) electrons. The minimum atomic E-state index is -0.682. The molecule has 0 unspecified atom stereocenters. The van der Waals surface area contributed by atoms with Crippen molar-refractivity contribution in [1.29, 1.82) is 0 Å². The lowest BCUT2D eigenvalue weighted by molar-refractivity contribution is -0.130. The van der Waals surface area contributed by atoms with E-state index in [1.165, 1.54) is 4.90 Å². The Kier molecular flexibility index (Phi) is 7.04. The number of nitrogens with two attached hydrogens (primary N) is 1. The van der Waals surface area contributed by atoms with Crippen LogP contribution in [-0.2, 0) is 4.79 Å². The number of urea groups is 2. The predicted octanol–water partition coefficient (Wildman–Crippen LogP) is 2.90. The second-order valence-corrected chi connectivity index (χ2v) is 10.1. The van der Waals surface area contributed by atoms with Crippen LogP contribution in [0.25, 0.3) is 10.9 Å². The molecule has 192 valence electrons. The fourth-order valence-electron chi connectivity index (χ4n) is 5.30. The van der Waals surface area contributed by atoms with E-state index in [-0.39, 0.29) is 18.0 Å². The zero-order valence-electron chi connectivity index (χ0n) is 20.3. The van der Waals surface area contributed by atoms with Crippen molar-refractivity contribution in [2.45, 2.75) is 38.1 Å². The lowest BCUT2D eigenvalue weighted by Gasteiger charge is -2.37. The monoisotopic (exact) mass is 513 g/mol. The summed E-state index contributed by atoms with van der Waals surface area (Å²) in [6.45, 7) is 4.03. The quantitative estimate of drug-likeness (QED) is 0.638. The van der Waals surface area contributed by atoms with Gasteiger partial charge >= 0.3 is 12.1 Å². The van der Waals surface area contributed by atoms with Crippen LogP contribution in [0.1, 0.15) is 32.1 Å². The maximum absolute atomic E-state index is 13.2.